The van der Waals surface area contributed by atoms with E-state index in [2.05, 4.69) is 5.32 Å². The summed E-state index contributed by atoms with van der Waals surface area (Å²) in [7, 11) is 0. The van der Waals surface area contributed by atoms with Gasteiger partial charge in [-0.2, -0.15) is 0 Å². The molecule has 0 bridgehead atoms. The number of benzene rings is 1. The fraction of sp³-hybridized carbons (Fsp3) is 0.462. The molecular weight excluding hydrogens is 257 g/mol. The zero-order valence-electron chi connectivity index (χ0n) is 9.99. The summed E-state index contributed by atoms with van der Waals surface area (Å²) >= 11 is 0. The molecule has 0 unspecified atom stereocenters. The number of hydrogen-bond acceptors (Lipinski definition) is 2. The molecule has 1 aromatic carbocycles. The summed E-state index contributed by atoms with van der Waals surface area (Å²) in [5.41, 5.74) is -0.315. The predicted octanol–water partition coefficient (Wildman–Crippen LogP) is 2.24. The summed E-state index contributed by atoms with van der Waals surface area (Å²) in [6, 6.07) is 6.41. The quantitative estimate of drug-likeness (QED) is 0.888. The van der Waals surface area contributed by atoms with Gasteiger partial charge >= 0.3 is 5.97 Å². The number of rotatable bonds is 3. The molecule has 1 aliphatic rings. The molecule has 0 radical (unpaired) electrons. The average molecular weight is 274 g/mol. The molecule has 0 amide bonds. The van der Waals surface area contributed by atoms with Crippen LogP contribution >= 0.6 is 12.4 Å². The van der Waals surface area contributed by atoms with Crippen LogP contribution in [0.3, 0.4) is 0 Å². The Morgan fingerprint density at radius 3 is 2.50 bits per heavy atom. The van der Waals surface area contributed by atoms with E-state index >= 15 is 0 Å². The van der Waals surface area contributed by atoms with Crippen molar-refractivity contribution in [2.45, 2.75) is 19.3 Å². The predicted molar refractivity (Wildman–Crippen MR) is 69.5 cm³/mol. The Kier molecular flexibility index (Phi) is 5.11. The standard InChI is InChI=1S/C13H16FNO2.ClH/c14-11-4-2-1-3-10(11)9-13(12(16)17)5-7-15-8-6-13;/h1-4,15H,5-9H2,(H,16,17);1H. The SMILES string of the molecule is Cl.O=C(O)C1(Cc2ccccc2F)CCNCC1. The molecule has 0 atom stereocenters. The van der Waals surface area contributed by atoms with Gasteiger partial charge in [0.25, 0.3) is 0 Å². The lowest BCUT2D eigenvalue weighted by atomic mass is 9.74. The molecule has 2 N–H and O–H groups in total. The number of hydrogen-bond donors (Lipinski definition) is 2. The lowest BCUT2D eigenvalue weighted by Gasteiger charge is -2.33. The van der Waals surface area contributed by atoms with E-state index in [-0.39, 0.29) is 24.6 Å². The fourth-order valence-electron chi connectivity index (χ4n) is 2.38. The minimum Gasteiger partial charge on any atom is -0.481 e. The highest BCUT2D eigenvalue weighted by Gasteiger charge is 2.40. The molecule has 1 saturated heterocycles. The lowest BCUT2D eigenvalue weighted by molar-refractivity contribution is -0.150. The van der Waals surface area contributed by atoms with Gasteiger partial charge in [0.15, 0.2) is 0 Å². The summed E-state index contributed by atoms with van der Waals surface area (Å²) in [6.45, 7) is 1.36. The topological polar surface area (TPSA) is 49.3 Å². The average Bonchev–Trinajstić information content (AvgIpc) is 2.33. The molecule has 100 valence electrons. The van der Waals surface area contributed by atoms with Crippen LogP contribution in [-0.4, -0.2) is 24.2 Å². The van der Waals surface area contributed by atoms with Crippen molar-refractivity contribution in [2.24, 2.45) is 5.41 Å². The Bertz CT molecular complexity index is 419. The summed E-state index contributed by atoms with van der Waals surface area (Å²) in [5.74, 6) is -1.13. The molecule has 1 heterocycles. The first-order chi connectivity index (χ1) is 8.14. The minimum atomic E-state index is -0.817. The van der Waals surface area contributed by atoms with Crippen molar-refractivity contribution < 1.29 is 14.3 Å². The molecule has 3 nitrogen and oxygen atoms in total. The Hall–Kier alpha value is -1.13. The number of halogens is 2. The van der Waals surface area contributed by atoms with Crippen molar-refractivity contribution in [1.82, 2.24) is 5.32 Å². The van der Waals surface area contributed by atoms with Crippen molar-refractivity contribution >= 4 is 18.4 Å². The zero-order chi connectivity index (χ0) is 12.3. The zero-order valence-corrected chi connectivity index (χ0v) is 10.8. The van der Waals surface area contributed by atoms with E-state index in [4.69, 9.17) is 0 Å². The first kappa shape index (κ1) is 14.9. The molecular formula is C13H17ClFNO2. The highest BCUT2D eigenvalue weighted by molar-refractivity contribution is 5.85. The van der Waals surface area contributed by atoms with Crippen LogP contribution in [0.5, 0.6) is 0 Å². The summed E-state index contributed by atoms with van der Waals surface area (Å²) in [4.78, 5) is 11.4. The van der Waals surface area contributed by atoms with E-state index in [0.717, 1.165) is 0 Å². The van der Waals surface area contributed by atoms with Gasteiger partial charge in [-0.15, -0.1) is 12.4 Å². The van der Waals surface area contributed by atoms with E-state index in [1.54, 1.807) is 18.2 Å². The first-order valence-electron chi connectivity index (χ1n) is 5.82. The van der Waals surface area contributed by atoms with Crippen molar-refractivity contribution in [2.75, 3.05) is 13.1 Å². The molecule has 0 saturated carbocycles. The van der Waals surface area contributed by atoms with Gasteiger partial charge in [-0.25, -0.2) is 4.39 Å². The van der Waals surface area contributed by atoms with E-state index in [9.17, 15) is 14.3 Å². The molecule has 0 aromatic heterocycles. The highest BCUT2D eigenvalue weighted by atomic mass is 35.5. The number of nitrogens with one attached hydrogen (secondary N) is 1. The van der Waals surface area contributed by atoms with E-state index in [0.29, 0.717) is 31.5 Å². The second-order valence-electron chi connectivity index (χ2n) is 4.60. The summed E-state index contributed by atoms with van der Waals surface area (Å²) in [5, 5.41) is 12.5. The van der Waals surface area contributed by atoms with Crippen LogP contribution in [0.4, 0.5) is 4.39 Å². The summed E-state index contributed by atoms with van der Waals surface area (Å²) < 4.78 is 13.6. The molecule has 18 heavy (non-hydrogen) atoms. The van der Waals surface area contributed by atoms with Crippen LogP contribution in [0.15, 0.2) is 24.3 Å². The van der Waals surface area contributed by atoms with Crippen molar-refractivity contribution in [3.63, 3.8) is 0 Å². The van der Waals surface area contributed by atoms with E-state index < -0.39 is 11.4 Å². The van der Waals surface area contributed by atoms with Crippen molar-refractivity contribution in [3.05, 3.63) is 35.6 Å². The first-order valence-corrected chi connectivity index (χ1v) is 5.82. The monoisotopic (exact) mass is 273 g/mol. The maximum atomic E-state index is 13.6. The van der Waals surface area contributed by atoms with Crippen LogP contribution in [0.2, 0.25) is 0 Å². The highest BCUT2D eigenvalue weighted by Crippen LogP contribution is 2.33. The molecule has 2 rings (SSSR count). The van der Waals surface area contributed by atoms with Gasteiger partial charge in [-0.1, -0.05) is 18.2 Å². The Labute approximate surface area is 112 Å². The number of carboxylic acid groups (broad SMARTS) is 1. The van der Waals surface area contributed by atoms with Crippen molar-refractivity contribution in [1.29, 1.82) is 0 Å². The number of carboxylic acids is 1. The van der Waals surface area contributed by atoms with Crippen LogP contribution in [0, 0.1) is 11.2 Å². The van der Waals surface area contributed by atoms with Gasteiger partial charge in [-0.05, 0) is 44.0 Å². The molecule has 0 aliphatic carbocycles. The summed E-state index contributed by atoms with van der Waals surface area (Å²) in [6.07, 6.45) is 1.38. The maximum absolute atomic E-state index is 13.6. The Morgan fingerprint density at radius 1 is 1.33 bits per heavy atom. The number of carbonyl (C=O) groups is 1. The molecule has 1 aromatic rings. The third-order valence-corrected chi connectivity index (χ3v) is 3.50. The minimum absolute atomic E-state index is 0. The largest absolute Gasteiger partial charge is 0.481 e. The van der Waals surface area contributed by atoms with Gasteiger partial charge < -0.3 is 10.4 Å². The van der Waals surface area contributed by atoms with Gasteiger partial charge in [0.05, 0.1) is 5.41 Å². The molecule has 1 aliphatic heterocycles. The van der Waals surface area contributed by atoms with Gasteiger partial charge in [-0.3, -0.25) is 4.79 Å². The number of aliphatic carboxylic acids is 1. The van der Waals surface area contributed by atoms with Gasteiger partial charge in [0, 0.05) is 0 Å². The maximum Gasteiger partial charge on any atom is 0.310 e. The smallest absolute Gasteiger partial charge is 0.310 e. The second-order valence-corrected chi connectivity index (χ2v) is 4.60. The molecule has 0 spiro atoms. The van der Waals surface area contributed by atoms with Crippen molar-refractivity contribution in [3.8, 4) is 0 Å². The van der Waals surface area contributed by atoms with Gasteiger partial charge in [0.2, 0.25) is 0 Å². The fourth-order valence-corrected chi connectivity index (χ4v) is 2.38. The van der Waals surface area contributed by atoms with E-state index in [1.165, 1.54) is 6.07 Å². The van der Waals surface area contributed by atoms with Gasteiger partial charge in [0.1, 0.15) is 5.82 Å². The van der Waals surface area contributed by atoms with Crippen LogP contribution < -0.4 is 5.32 Å². The van der Waals surface area contributed by atoms with Crippen LogP contribution in [0.25, 0.3) is 0 Å². The Morgan fingerprint density at radius 2 is 1.94 bits per heavy atom. The molecule has 1 fully saturated rings. The Balaban J connectivity index is 0.00000162. The third kappa shape index (κ3) is 3.00. The lowest BCUT2D eigenvalue weighted by Crippen LogP contribution is -2.43. The van der Waals surface area contributed by atoms with Crippen LogP contribution in [0.1, 0.15) is 18.4 Å². The normalized spacial score (nSPS) is 17.8. The van der Waals surface area contributed by atoms with Crippen LogP contribution in [-0.2, 0) is 11.2 Å². The second kappa shape index (κ2) is 6.16. The van der Waals surface area contributed by atoms with E-state index in [1.807, 2.05) is 0 Å². The third-order valence-electron chi connectivity index (χ3n) is 3.50. The number of piperidine rings is 1. The molecule has 5 heteroatoms.